The maximum atomic E-state index is 13.1. The van der Waals surface area contributed by atoms with Crippen LogP contribution in [0.2, 0.25) is 5.02 Å². The fourth-order valence-electron chi connectivity index (χ4n) is 1.65. The lowest BCUT2D eigenvalue weighted by atomic mass is 10.3. The fraction of sp³-hybridized carbons (Fsp3) is 0.308. The predicted molar refractivity (Wildman–Crippen MR) is 71.9 cm³/mol. The maximum absolute atomic E-state index is 13.1. The number of nitrogens with zero attached hydrogens (tertiary/aromatic N) is 2. The molecule has 0 atom stereocenters. The van der Waals surface area contributed by atoms with Gasteiger partial charge in [0.25, 0.3) is 0 Å². The highest BCUT2D eigenvalue weighted by Crippen LogP contribution is 2.21. The standard InChI is InChI=1S/C13H15ClFN3/c1-2-3-6-16-13-17-7-8-18(13)10-4-5-12(15)11(14)9-10/h4-5,7-9H,2-3,6H2,1H3,(H,16,17). The molecule has 1 aromatic carbocycles. The van der Waals surface area contributed by atoms with Gasteiger partial charge in [0.2, 0.25) is 5.95 Å². The molecule has 1 N–H and O–H groups in total. The first kappa shape index (κ1) is 12.9. The summed E-state index contributed by atoms with van der Waals surface area (Å²) in [5, 5.41) is 3.35. The molecule has 2 aromatic rings. The molecule has 0 amide bonds. The van der Waals surface area contributed by atoms with Gasteiger partial charge in [0.15, 0.2) is 0 Å². The lowest BCUT2D eigenvalue weighted by molar-refractivity contribution is 0.628. The first-order valence-corrected chi connectivity index (χ1v) is 6.33. The molecule has 0 bridgehead atoms. The zero-order valence-electron chi connectivity index (χ0n) is 10.2. The van der Waals surface area contributed by atoms with E-state index in [1.54, 1.807) is 18.3 Å². The van der Waals surface area contributed by atoms with Crippen LogP contribution in [-0.4, -0.2) is 16.1 Å². The summed E-state index contributed by atoms with van der Waals surface area (Å²) >= 11 is 5.78. The minimum atomic E-state index is -0.416. The zero-order valence-corrected chi connectivity index (χ0v) is 10.9. The van der Waals surface area contributed by atoms with Gasteiger partial charge in [-0.15, -0.1) is 0 Å². The summed E-state index contributed by atoms with van der Waals surface area (Å²) in [5.74, 6) is 0.326. The Morgan fingerprint density at radius 3 is 3.00 bits per heavy atom. The third-order valence-electron chi connectivity index (χ3n) is 2.64. The van der Waals surface area contributed by atoms with Crippen molar-refractivity contribution in [1.29, 1.82) is 0 Å². The van der Waals surface area contributed by atoms with Crippen molar-refractivity contribution in [3.8, 4) is 5.69 Å². The van der Waals surface area contributed by atoms with Crippen LogP contribution in [0.15, 0.2) is 30.6 Å². The van der Waals surface area contributed by atoms with Crippen LogP contribution in [0.25, 0.3) is 5.69 Å². The van der Waals surface area contributed by atoms with E-state index in [2.05, 4.69) is 17.2 Å². The lowest BCUT2D eigenvalue weighted by Crippen LogP contribution is -2.07. The number of hydrogen-bond acceptors (Lipinski definition) is 2. The topological polar surface area (TPSA) is 29.9 Å². The Hall–Kier alpha value is -1.55. The van der Waals surface area contributed by atoms with Gasteiger partial charge in [-0.25, -0.2) is 9.37 Å². The van der Waals surface area contributed by atoms with Crippen molar-refractivity contribution in [2.45, 2.75) is 19.8 Å². The Bertz CT molecular complexity index is 525. The highest BCUT2D eigenvalue weighted by molar-refractivity contribution is 6.30. The third kappa shape index (κ3) is 2.82. The van der Waals surface area contributed by atoms with Crippen molar-refractivity contribution in [2.75, 3.05) is 11.9 Å². The summed E-state index contributed by atoms with van der Waals surface area (Å²) in [6.45, 7) is 3.00. The first-order valence-electron chi connectivity index (χ1n) is 5.95. The second kappa shape index (κ2) is 5.87. The molecule has 96 valence electrons. The fourth-order valence-corrected chi connectivity index (χ4v) is 1.83. The smallest absolute Gasteiger partial charge is 0.207 e. The van der Waals surface area contributed by atoms with Crippen LogP contribution >= 0.6 is 11.6 Å². The number of anilines is 1. The van der Waals surface area contributed by atoms with E-state index in [9.17, 15) is 4.39 Å². The number of nitrogens with one attached hydrogen (secondary N) is 1. The average molecular weight is 268 g/mol. The van der Waals surface area contributed by atoms with Crippen molar-refractivity contribution in [1.82, 2.24) is 9.55 Å². The molecule has 0 saturated carbocycles. The SMILES string of the molecule is CCCCNc1nccn1-c1ccc(F)c(Cl)c1. The number of aromatic nitrogens is 2. The summed E-state index contributed by atoms with van der Waals surface area (Å²) in [4.78, 5) is 4.23. The summed E-state index contributed by atoms with van der Waals surface area (Å²) in [6.07, 6.45) is 5.72. The van der Waals surface area contributed by atoms with Crippen LogP contribution in [0.5, 0.6) is 0 Å². The number of hydrogen-bond donors (Lipinski definition) is 1. The van der Waals surface area contributed by atoms with Gasteiger partial charge < -0.3 is 5.32 Å². The molecule has 0 aliphatic heterocycles. The van der Waals surface area contributed by atoms with Crippen LogP contribution in [0.3, 0.4) is 0 Å². The van der Waals surface area contributed by atoms with Crippen LogP contribution in [-0.2, 0) is 0 Å². The summed E-state index contributed by atoms with van der Waals surface area (Å²) in [5.41, 5.74) is 0.790. The van der Waals surface area contributed by atoms with Gasteiger partial charge in [-0.3, -0.25) is 4.57 Å². The second-order valence-electron chi connectivity index (χ2n) is 4.00. The van der Waals surface area contributed by atoms with Gasteiger partial charge in [0.1, 0.15) is 5.82 Å². The third-order valence-corrected chi connectivity index (χ3v) is 2.93. The van der Waals surface area contributed by atoms with E-state index in [0.29, 0.717) is 0 Å². The van der Waals surface area contributed by atoms with E-state index >= 15 is 0 Å². The minimum Gasteiger partial charge on any atom is -0.355 e. The number of halogens is 2. The lowest BCUT2D eigenvalue weighted by Gasteiger charge is -2.10. The van der Waals surface area contributed by atoms with E-state index < -0.39 is 5.82 Å². The van der Waals surface area contributed by atoms with Crippen LogP contribution < -0.4 is 5.32 Å². The molecule has 3 nitrogen and oxygen atoms in total. The highest BCUT2D eigenvalue weighted by atomic mass is 35.5. The Morgan fingerprint density at radius 2 is 2.28 bits per heavy atom. The molecule has 0 saturated heterocycles. The largest absolute Gasteiger partial charge is 0.355 e. The highest BCUT2D eigenvalue weighted by Gasteiger charge is 2.06. The Kier molecular flexibility index (Phi) is 4.20. The predicted octanol–water partition coefficient (Wildman–Crippen LogP) is 3.88. The molecule has 0 fully saturated rings. The number of imidazole rings is 1. The van der Waals surface area contributed by atoms with Gasteiger partial charge in [-0.05, 0) is 24.6 Å². The Labute approximate surface area is 111 Å². The monoisotopic (exact) mass is 267 g/mol. The molecule has 0 aliphatic rings. The van der Waals surface area contributed by atoms with E-state index in [4.69, 9.17) is 11.6 Å². The second-order valence-corrected chi connectivity index (χ2v) is 4.41. The van der Waals surface area contributed by atoms with E-state index in [1.807, 2.05) is 10.8 Å². The van der Waals surface area contributed by atoms with Crippen molar-refractivity contribution in [3.63, 3.8) is 0 Å². The quantitative estimate of drug-likeness (QED) is 0.834. The Morgan fingerprint density at radius 1 is 1.44 bits per heavy atom. The van der Waals surface area contributed by atoms with Crippen molar-refractivity contribution >= 4 is 17.5 Å². The van der Waals surface area contributed by atoms with Gasteiger partial charge in [0, 0.05) is 18.9 Å². The van der Waals surface area contributed by atoms with E-state index in [-0.39, 0.29) is 5.02 Å². The normalized spacial score (nSPS) is 10.6. The Balaban J connectivity index is 2.22. The van der Waals surface area contributed by atoms with Gasteiger partial charge in [-0.1, -0.05) is 24.9 Å². The summed E-state index contributed by atoms with van der Waals surface area (Å²) in [7, 11) is 0. The molecule has 2 rings (SSSR count). The van der Waals surface area contributed by atoms with Crippen molar-refractivity contribution in [2.24, 2.45) is 0 Å². The number of rotatable bonds is 5. The number of benzene rings is 1. The summed E-state index contributed by atoms with van der Waals surface area (Å²) < 4.78 is 15.0. The number of unbranched alkanes of at least 4 members (excludes halogenated alkanes) is 1. The molecule has 0 unspecified atom stereocenters. The van der Waals surface area contributed by atoms with E-state index in [0.717, 1.165) is 31.0 Å². The van der Waals surface area contributed by atoms with Crippen molar-refractivity contribution in [3.05, 3.63) is 41.4 Å². The molecule has 0 spiro atoms. The van der Waals surface area contributed by atoms with Crippen LogP contribution in [0, 0.1) is 5.82 Å². The summed E-state index contributed by atoms with van der Waals surface area (Å²) in [6, 6.07) is 4.62. The van der Waals surface area contributed by atoms with Crippen LogP contribution in [0.1, 0.15) is 19.8 Å². The van der Waals surface area contributed by atoms with E-state index in [1.165, 1.54) is 6.07 Å². The molecule has 0 radical (unpaired) electrons. The maximum Gasteiger partial charge on any atom is 0.207 e. The molecule has 1 heterocycles. The van der Waals surface area contributed by atoms with Crippen molar-refractivity contribution < 1.29 is 4.39 Å². The zero-order chi connectivity index (χ0) is 13.0. The van der Waals surface area contributed by atoms with Crippen LogP contribution in [0.4, 0.5) is 10.3 Å². The van der Waals surface area contributed by atoms with Gasteiger partial charge in [-0.2, -0.15) is 0 Å². The first-order chi connectivity index (χ1) is 8.72. The molecular formula is C13H15ClFN3. The molecule has 5 heteroatoms. The molecule has 18 heavy (non-hydrogen) atoms. The van der Waals surface area contributed by atoms with Gasteiger partial charge >= 0.3 is 0 Å². The molecular weight excluding hydrogens is 253 g/mol. The minimum absolute atomic E-state index is 0.112. The molecule has 1 aromatic heterocycles. The average Bonchev–Trinajstić information content (AvgIpc) is 2.81. The molecule has 0 aliphatic carbocycles. The van der Waals surface area contributed by atoms with Gasteiger partial charge in [0.05, 0.1) is 10.7 Å².